The van der Waals surface area contributed by atoms with E-state index in [1.807, 2.05) is 18.2 Å². The molecule has 0 saturated carbocycles. The van der Waals surface area contributed by atoms with Crippen LogP contribution in [0.5, 0.6) is 0 Å². The number of rotatable bonds is 1. The first-order valence-corrected chi connectivity index (χ1v) is 6.40. The number of halogens is 1. The van der Waals surface area contributed by atoms with E-state index in [4.69, 9.17) is 4.52 Å². The average Bonchev–Trinajstić information content (AvgIpc) is 2.86. The lowest BCUT2D eigenvalue weighted by atomic mass is 10.2. The van der Waals surface area contributed by atoms with Crippen molar-refractivity contribution in [3.05, 3.63) is 70.9 Å². The van der Waals surface area contributed by atoms with Gasteiger partial charge in [0.05, 0.1) is 11.2 Å². The van der Waals surface area contributed by atoms with Crippen LogP contribution in [0.1, 0.15) is 0 Å². The topological polar surface area (TPSA) is 48.0 Å². The summed E-state index contributed by atoms with van der Waals surface area (Å²) in [7, 11) is 0. The highest BCUT2D eigenvalue weighted by Crippen LogP contribution is 2.23. The van der Waals surface area contributed by atoms with E-state index in [0.717, 1.165) is 0 Å². The maximum absolute atomic E-state index is 13.4. The lowest BCUT2D eigenvalue weighted by Gasteiger charge is -1.98. The monoisotopic (exact) mass is 280 g/mol. The Morgan fingerprint density at radius 3 is 2.67 bits per heavy atom. The van der Waals surface area contributed by atoms with Gasteiger partial charge >= 0.3 is 0 Å². The third-order valence-electron chi connectivity index (χ3n) is 3.37. The Labute approximate surface area is 118 Å². The van der Waals surface area contributed by atoms with Gasteiger partial charge in [-0.2, -0.15) is 0 Å². The molecule has 0 aliphatic rings. The minimum absolute atomic E-state index is 0.310. The Kier molecular flexibility index (Phi) is 2.41. The zero-order chi connectivity index (χ0) is 14.4. The van der Waals surface area contributed by atoms with Crippen molar-refractivity contribution in [2.75, 3.05) is 0 Å². The van der Waals surface area contributed by atoms with Crippen LogP contribution in [0.2, 0.25) is 0 Å². The van der Waals surface area contributed by atoms with Crippen molar-refractivity contribution < 1.29 is 8.91 Å². The van der Waals surface area contributed by atoms with E-state index in [0.29, 0.717) is 27.6 Å². The molecule has 2 heterocycles. The van der Waals surface area contributed by atoms with Crippen molar-refractivity contribution >= 4 is 21.9 Å². The quantitative estimate of drug-likeness (QED) is 0.537. The van der Waals surface area contributed by atoms with Crippen molar-refractivity contribution in [3.63, 3.8) is 0 Å². The van der Waals surface area contributed by atoms with Gasteiger partial charge in [-0.25, -0.2) is 4.39 Å². The summed E-state index contributed by atoms with van der Waals surface area (Å²) >= 11 is 0. The van der Waals surface area contributed by atoms with Gasteiger partial charge in [-0.3, -0.25) is 9.78 Å². The predicted octanol–water partition coefficient (Wildman–Crippen LogP) is 3.27. The molecule has 102 valence electrons. The Balaban J connectivity index is 2.13. The van der Waals surface area contributed by atoms with Crippen molar-refractivity contribution in [1.29, 1.82) is 0 Å². The minimum Gasteiger partial charge on any atom is -0.370 e. The molecule has 0 radical (unpaired) electrons. The van der Waals surface area contributed by atoms with Crippen molar-refractivity contribution in [2.45, 2.75) is 0 Å². The smallest absolute Gasteiger partial charge is 0.296 e. The van der Waals surface area contributed by atoms with Crippen LogP contribution in [0.25, 0.3) is 27.6 Å². The Morgan fingerprint density at radius 1 is 1.05 bits per heavy atom. The number of benzene rings is 2. The number of hydrogen-bond donors (Lipinski definition) is 0. The second-order valence-corrected chi connectivity index (χ2v) is 4.69. The Bertz CT molecular complexity index is 1020. The molecule has 0 aliphatic carbocycles. The Hall–Kier alpha value is -2.95. The van der Waals surface area contributed by atoms with Gasteiger partial charge in [-0.1, -0.05) is 18.2 Å². The van der Waals surface area contributed by atoms with E-state index in [1.165, 1.54) is 23.1 Å². The molecule has 0 atom stereocenters. The molecule has 4 aromatic rings. The van der Waals surface area contributed by atoms with Crippen molar-refractivity contribution in [3.8, 4) is 5.69 Å². The largest absolute Gasteiger partial charge is 0.370 e. The second kappa shape index (κ2) is 4.28. The van der Waals surface area contributed by atoms with Crippen molar-refractivity contribution in [2.24, 2.45) is 0 Å². The van der Waals surface area contributed by atoms with Crippen LogP contribution in [0, 0.1) is 5.82 Å². The highest BCUT2D eigenvalue weighted by Gasteiger charge is 2.14. The molecule has 21 heavy (non-hydrogen) atoms. The molecule has 2 aromatic heterocycles. The normalized spacial score (nSPS) is 11.3. The van der Waals surface area contributed by atoms with Crippen LogP contribution in [-0.4, -0.2) is 9.72 Å². The predicted molar refractivity (Wildman–Crippen MR) is 77.1 cm³/mol. The van der Waals surface area contributed by atoms with E-state index in [-0.39, 0.29) is 5.56 Å². The number of pyridine rings is 1. The molecular formula is C16H9FN2O2. The molecular weight excluding hydrogens is 271 g/mol. The molecule has 0 saturated heterocycles. The first-order chi connectivity index (χ1) is 10.2. The second-order valence-electron chi connectivity index (χ2n) is 4.69. The van der Waals surface area contributed by atoms with Gasteiger partial charge in [0, 0.05) is 11.6 Å². The van der Waals surface area contributed by atoms with E-state index in [1.54, 1.807) is 18.2 Å². The SMILES string of the molecule is O=c1c2cnc3ccc(F)cc3c2on1-c1ccccc1. The summed E-state index contributed by atoms with van der Waals surface area (Å²) in [6.07, 6.45) is 1.46. The van der Waals surface area contributed by atoms with Gasteiger partial charge in [-0.05, 0) is 30.3 Å². The fraction of sp³-hybridized carbons (Fsp3) is 0. The Morgan fingerprint density at radius 2 is 1.86 bits per heavy atom. The molecule has 0 bridgehead atoms. The average molecular weight is 280 g/mol. The van der Waals surface area contributed by atoms with Crippen LogP contribution < -0.4 is 5.56 Å². The van der Waals surface area contributed by atoms with Gasteiger partial charge in [0.15, 0.2) is 5.58 Å². The minimum atomic E-state index is -0.396. The van der Waals surface area contributed by atoms with Gasteiger partial charge in [-0.15, -0.1) is 4.74 Å². The van der Waals surface area contributed by atoms with E-state index in [2.05, 4.69) is 4.98 Å². The lowest BCUT2D eigenvalue weighted by molar-refractivity contribution is 0.370. The lowest BCUT2D eigenvalue weighted by Crippen LogP contribution is -2.11. The van der Waals surface area contributed by atoms with Crippen LogP contribution >= 0.6 is 0 Å². The molecule has 4 rings (SSSR count). The van der Waals surface area contributed by atoms with Crippen LogP contribution in [0.15, 0.2) is 64.0 Å². The van der Waals surface area contributed by atoms with Crippen LogP contribution in [0.4, 0.5) is 4.39 Å². The van der Waals surface area contributed by atoms with Gasteiger partial charge in [0.2, 0.25) is 0 Å². The first-order valence-electron chi connectivity index (χ1n) is 6.40. The summed E-state index contributed by atoms with van der Waals surface area (Å²) in [5.74, 6) is -0.396. The van der Waals surface area contributed by atoms with Crippen molar-refractivity contribution in [1.82, 2.24) is 9.72 Å². The zero-order valence-corrected chi connectivity index (χ0v) is 10.8. The number of hydrogen-bond acceptors (Lipinski definition) is 3. The number of nitrogens with zero attached hydrogens (tertiary/aromatic N) is 2. The number of aromatic nitrogens is 2. The van der Waals surface area contributed by atoms with Crippen LogP contribution in [0.3, 0.4) is 0 Å². The highest BCUT2D eigenvalue weighted by atomic mass is 19.1. The molecule has 0 spiro atoms. The van der Waals surface area contributed by atoms with E-state index in [9.17, 15) is 9.18 Å². The summed E-state index contributed by atoms with van der Waals surface area (Å²) in [5.41, 5.74) is 1.23. The molecule has 0 N–H and O–H groups in total. The fourth-order valence-electron chi connectivity index (χ4n) is 2.37. The molecule has 0 fully saturated rings. The highest BCUT2D eigenvalue weighted by molar-refractivity contribution is 6.01. The summed E-state index contributed by atoms with van der Waals surface area (Å²) in [5, 5.41) is 0.816. The number of fused-ring (bicyclic) bond motifs is 3. The summed E-state index contributed by atoms with van der Waals surface area (Å²) in [6.45, 7) is 0. The molecule has 5 heteroatoms. The summed E-state index contributed by atoms with van der Waals surface area (Å²) in [6, 6.07) is 13.2. The third kappa shape index (κ3) is 1.74. The maximum atomic E-state index is 13.4. The third-order valence-corrected chi connectivity index (χ3v) is 3.37. The van der Waals surface area contributed by atoms with Gasteiger partial charge < -0.3 is 4.52 Å². The zero-order valence-electron chi connectivity index (χ0n) is 10.8. The fourth-order valence-corrected chi connectivity index (χ4v) is 2.37. The van der Waals surface area contributed by atoms with E-state index < -0.39 is 5.82 Å². The van der Waals surface area contributed by atoms with Gasteiger partial charge in [0.25, 0.3) is 5.56 Å². The summed E-state index contributed by atoms with van der Waals surface area (Å²) in [4.78, 5) is 16.6. The molecule has 4 nitrogen and oxygen atoms in total. The van der Waals surface area contributed by atoms with Gasteiger partial charge in [0.1, 0.15) is 11.2 Å². The molecule has 0 aliphatic heterocycles. The summed E-state index contributed by atoms with van der Waals surface area (Å²) < 4.78 is 20.3. The van der Waals surface area contributed by atoms with E-state index >= 15 is 0 Å². The standard InChI is InChI=1S/C16H9FN2O2/c17-10-6-7-14-12(8-10)15-13(9-18-14)16(20)19(21-15)11-4-2-1-3-5-11/h1-9H. The maximum Gasteiger partial charge on any atom is 0.296 e. The molecule has 2 aromatic carbocycles. The first kappa shape index (κ1) is 11.8. The molecule has 0 unspecified atom stereocenters. The van der Waals surface area contributed by atoms with Crippen LogP contribution in [-0.2, 0) is 0 Å². The number of para-hydroxylation sites is 1. The molecule has 0 amide bonds.